The molecule has 0 aliphatic carbocycles. The molecule has 1 unspecified atom stereocenters. The summed E-state index contributed by atoms with van der Waals surface area (Å²) in [5.41, 5.74) is 0.898. The molecule has 1 amide bonds. The van der Waals surface area contributed by atoms with Crippen LogP contribution in [0.1, 0.15) is 12.8 Å². The molecule has 5 rings (SSSR count). The van der Waals surface area contributed by atoms with Gasteiger partial charge in [-0.3, -0.25) is 4.79 Å². The summed E-state index contributed by atoms with van der Waals surface area (Å²) in [6, 6.07) is 11.8. The van der Waals surface area contributed by atoms with Crippen molar-refractivity contribution in [2.24, 2.45) is 5.41 Å². The molecule has 8 nitrogen and oxygen atoms in total. The van der Waals surface area contributed by atoms with Gasteiger partial charge in [0.25, 0.3) is 0 Å². The third kappa shape index (κ3) is 4.96. The number of halogens is 3. The third-order valence-corrected chi connectivity index (χ3v) is 5.81. The van der Waals surface area contributed by atoms with E-state index in [4.69, 9.17) is 19.4 Å². The van der Waals surface area contributed by atoms with Crippen molar-refractivity contribution in [1.82, 2.24) is 4.98 Å². The minimum atomic E-state index is -5.08. The van der Waals surface area contributed by atoms with Crippen LogP contribution in [0.5, 0.6) is 11.5 Å². The second-order valence-electron chi connectivity index (χ2n) is 8.15. The molecule has 4 heterocycles. The average Bonchev–Trinajstić information content (AvgIpc) is 3.36. The fourth-order valence-corrected chi connectivity index (χ4v) is 4.28. The van der Waals surface area contributed by atoms with Gasteiger partial charge in [0.15, 0.2) is 11.5 Å². The highest BCUT2D eigenvalue weighted by molar-refractivity contribution is 5.97. The number of rotatable bonds is 2. The number of anilines is 2. The van der Waals surface area contributed by atoms with Crippen LogP contribution in [0.3, 0.4) is 0 Å². The van der Waals surface area contributed by atoms with E-state index in [-0.39, 0.29) is 11.3 Å². The number of hydrogen-bond donors (Lipinski definition) is 1. The van der Waals surface area contributed by atoms with Crippen LogP contribution < -0.4 is 19.3 Å². The molecule has 33 heavy (non-hydrogen) atoms. The molecule has 0 saturated carbocycles. The SMILES string of the molecule is O=C(O)C(F)(F)F.O=C1CC2(CCN(c3ccccn3)C2)CN1c1ccc2c(c1)OCCO2. The maximum atomic E-state index is 12.8. The molecule has 176 valence electrons. The van der Waals surface area contributed by atoms with Gasteiger partial charge in [-0.1, -0.05) is 6.07 Å². The van der Waals surface area contributed by atoms with Crippen LogP contribution in [0.15, 0.2) is 42.6 Å². The van der Waals surface area contributed by atoms with Gasteiger partial charge < -0.3 is 24.4 Å². The van der Waals surface area contributed by atoms with Gasteiger partial charge >= 0.3 is 12.1 Å². The molecular formula is C22H22F3N3O5. The molecule has 3 aliphatic heterocycles. The fourth-order valence-electron chi connectivity index (χ4n) is 4.28. The summed E-state index contributed by atoms with van der Waals surface area (Å²) in [5, 5.41) is 7.12. The van der Waals surface area contributed by atoms with E-state index < -0.39 is 12.1 Å². The predicted molar refractivity (Wildman–Crippen MR) is 112 cm³/mol. The zero-order chi connectivity index (χ0) is 23.6. The highest BCUT2D eigenvalue weighted by atomic mass is 19.4. The first kappa shape index (κ1) is 22.7. The van der Waals surface area contributed by atoms with Gasteiger partial charge in [-0.25, -0.2) is 9.78 Å². The number of alkyl halides is 3. The summed E-state index contributed by atoms with van der Waals surface area (Å²) in [5.74, 6) is -0.0979. The number of aromatic nitrogens is 1. The van der Waals surface area contributed by atoms with E-state index in [1.807, 2.05) is 47.5 Å². The van der Waals surface area contributed by atoms with E-state index in [1.165, 1.54) is 0 Å². The lowest BCUT2D eigenvalue weighted by Crippen LogP contribution is -2.31. The van der Waals surface area contributed by atoms with Crippen molar-refractivity contribution in [3.05, 3.63) is 42.6 Å². The Bertz CT molecular complexity index is 1030. The van der Waals surface area contributed by atoms with Crippen molar-refractivity contribution >= 4 is 23.4 Å². The second kappa shape index (κ2) is 8.80. The van der Waals surface area contributed by atoms with Crippen molar-refractivity contribution in [3.8, 4) is 11.5 Å². The van der Waals surface area contributed by atoms with Gasteiger partial charge in [0.1, 0.15) is 19.0 Å². The molecule has 1 atom stereocenters. The van der Waals surface area contributed by atoms with Gasteiger partial charge in [0.05, 0.1) is 0 Å². The highest BCUT2D eigenvalue weighted by Gasteiger charge is 2.48. The van der Waals surface area contributed by atoms with Gasteiger partial charge in [0, 0.05) is 49.4 Å². The number of pyridine rings is 1. The topological polar surface area (TPSA) is 92.2 Å². The van der Waals surface area contributed by atoms with Gasteiger partial charge in [-0.15, -0.1) is 0 Å². The van der Waals surface area contributed by atoms with E-state index in [0.717, 1.165) is 49.1 Å². The quantitative estimate of drug-likeness (QED) is 0.729. The van der Waals surface area contributed by atoms with Crippen molar-refractivity contribution in [3.63, 3.8) is 0 Å². The Morgan fingerprint density at radius 1 is 1.09 bits per heavy atom. The zero-order valence-electron chi connectivity index (χ0n) is 17.5. The number of fused-ring (bicyclic) bond motifs is 1. The average molecular weight is 465 g/mol. The van der Waals surface area contributed by atoms with Crippen LogP contribution in [0.2, 0.25) is 0 Å². The lowest BCUT2D eigenvalue weighted by molar-refractivity contribution is -0.192. The van der Waals surface area contributed by atoms with Gasteiger partial charge in [-0.2, -0.15) is 13.2 Å². The predicted octanol–water partition coefficient (Wildman–Crippen LogP) is 3.12. The first-order valence-electron chi connectivity index (χ1n) is 10.3. The molecule has 3 aliphatic rings. The Labute approximate surface area is 187 Å². The summed E-state index contributed by atoms with van der Waals surface area (Å²) in [4.78, 5) is 30.3. The molecule has 1 aromatic carbocycles. The molecule has 11 heteroatoms. The summed E-state index contributed by atoms with van der Waals surface area (Å²) in [6.45, 7) is 3.68. The molecule has 1 spiro atoms. The van der Waals surface area contributed by atoms with Crippen LogP contribution in [-0.2, 0) is 9.59 Å². The Kier molecular flexibility index (Phi) is 6.05. The number of carbonyl (C=O) groups is 2. The zero-order valence-corrected chi connectivity index (χ0v) is 17.5. The molecule has 2 saturated heterocycles. The number of carbonyl (C=O) groups excluding carboxylic acids is 1. The number of benzene rings is 1. The van der Waals surface area contributed by atoms with Crippen molar-refractivity contribution < 1.29 is 37.3 Å². The Hall–Kier alpha value is -3.50. The van der Waals surface area contributed by atoms with Crippen LogP contribution in [0, 0.1) is 5.41 Å². The van der Waals surface area contributed by atoms with E-state index in [0.29, 0.717) is 19.6 Å². The van der Waals surface area contributed by atoms with Crippen LogP contribution >= 0.6 is 0 Å². The number of nitrogens with zero attached hydrogens (tertiary/aromatic N) is 3. The number of carboxylic acid groups (broad SMARTS) is 1. The van der Waals surface area contributed by atoms with Crippen molar-refractivity contribution in [2.75, 3.05) is 42.6 Å². The third-order valence-electron chi connectivity index (χ3n) is 5.81. The van der Waals surface area contributed by atoms with Crippen molar-refractivity contribution in [2.45, 2.75) is 19.0 Å². The lowest BCUT2D eigenvalue weighted by atomic mass is 9.86. The number of hydrogen-bond acceptors (Lipinski definition) is 6. The van der Waals surface area contributed by atoms with Gasteiger partial charge in [0.2, 0.25) is 5.91 Å². The number of aliphatic carboxylic acids is 1. The Balaban J connectivity index is 0.000000325. The number of amides is 1. The highest BCUT2D eigenvalue weighted by Crippen LogP contribution is 2.44. The fraction of sp³-hybridized carbons (Fsp3) is 0.409. The lowest BCUT2D eigenvalue weighted by Gasteiger charge is -2.25. The summed E-state index contributed by atoms with van der Waals surface area (Å²) >= 11 is 0. The molecule has 1 N–H and O–H groups in total. The molecule has 2 aromatic rings. The van der Waals surface area contributed by atoms with Crippen LogP contribution in [0.4, 0.5) is 24.7 Å². The monoisotopic (exact) mass is 465 g/mol. The molecule has 0 bridgehead atoms. The smallest absolute Gasteiger partial charge is 0.486 e. The maximum absolute atomic E-state index is 12.8. The van der Waals surface area contributed by atoms with Crippen LogP contribution in [0.25, 0.3) is 0 Å². The number of ether oxygens (including phenoxy) is 2. The molecule has 2 fully saturated rings. The molecule has 1 aromatic heterocycles. The minimum Gasteiger partial charge on any atom is -0.486 e. The summed E-state index contributed by atoms with van der Waals surface area (Å²) < 4.78 is 43.0. The largest absolute Gasteiger partial charge is 0.490 e. The van der Waals surface area contributed by atoms with E-state index in [1.54, 1.807) is 0 Å². The van der Waals surface area contributed by atoms with E-state index in [2.05, 4.69) is 9.88 Å². The standard InChI is InChI=1S/C20H21N3O3.C2HF3O2/c24-19-12-20(6-8-22(13-20)18-3-1-2-7-21-18)14-23(19)15-4-5-16-17(11-15)26-10-9-25-16;3-2(4,5)1(6)7/h1-5,7,11H,6,8-10,12-14H2;(H,6,7). The Morgan fingerprint density at radius 2 is 1.82 bits per heavy atom. The van der Waals surface area contributed by atoms with Crippen LogP contribution in [-0.4, -0.2) is 61.0 Å². The maximum Gasteiger partial charge on any atom is 0.490 e. The second-order valence-corrected chi connectivity index (χ2v) is 8.15. The first-order valence-corrected chi connectivity index (χ1v) is 10.3. The van der Waals surface area contributed by atoms with E-state index in [9.17, 15) is 18.0 Å². The minimum absolute atomic E-state index is 0.00185. The molecule has 0 radical (unpaired) electrons. The molecular weight excluding hydrogens is 443 g/mol. The first-order chi connectivity index (χ1) is 15.7. The summed E-state index contributed by atoms with van der Waals surface area (Å²) in [6.07, 6.45) is -1.66. The Morgan fingerprint density at radius 3 is 2.48 bits per heavy atom. The van der Waals surface area contributed by atoms with Gasteiger partial charge in [-0.05, 0) is 30.7 Å². The summed E-state index contributed by atoms with van der Waals surface area (Å²) in [7, 11) is 0. The van der Waals surface area contributed by atoms with E-state index >= 15 is 0 Å². The van der Waals surface area contributed by atoms with Crippen molar-refractivity contribution in [1.29, 1.82) is 0 Å². The number of carboxylic acids is 1. The normalized spacial score (nSPS) is 21.7.